The summed E-state index contributed by atoms with van der Waals surface area (Å²) in [6, 6.07) is 7.82. The Labute approximate surface area is 197 Å². The highest BCUT2D eigenvalue weighted by molar-refractivity contribution is 7.89. The predicted octanol–water partition coefficient (Wildman–Crippen LogP) is 1.24. The van der Waals surface area contributed by atoms with E-state index < -0.39 is 40.5 Å². The van der Waals surface area contributed by atoms with Gasteiger partial charge in [0.1, 0.15) is 6.04 Å². The number of sulfonamides is 1. The molecule has 3 rings (SSSR count). The first-order valence-electron chi connectivity index (χ1n) is 10.7. The molecule has 0 spiro atoms. The van der Waals surface area contributed by atoms with Gasteiger partial charge < -0.3 is 24.5 Å². The minimum absolute atomic E-state index is 0.0321. The van der Waals surface area contributed by atoms with E-state index in [1.165, 1.54) is 40.9 Å². The summed E-state index contributed by atoms with van der Waals surface area (Å²) in [6.45, 7) is 3.97. The van der Waals surface area contributed by atoms with Gasteiger partial charge in [0.25, 0.3) is 11.8 Å². The summed E-state index contributed by atoms with van der Waals surface area (Å²) in [5.41, 5.74) is 0.238. The number of furan rings is 1. The van der Waals surface area contributed by atoms with E-state index in [9.17, 15) is 22.8 Å². The smallest absolute Gasteiger partial charge is 0.329 e. The van der Waals surface area contributed by atoms with Gasteiger partial charge in [0.15, 0.2) is 12.4 Å². The number of ether oxygens (including phenoxy) is 2. The van der Waals surface area contributed by atoms with Gasteiger partial charge in [-0.1, -0.05) is 19.9 Å². The molecule has 1 fully saturated rings. The first-order chi connectivity index (χ1) is 16.2. The molecule has 2 N–H and O–H groups in total. The Morgan fingerprint density at radius 2 is 1.85 bits per heavy atom. The van der Waals surface area contributed by atoms with Crippen LogP contribution in [0.25, 0.3) is 0 Å². The third kappa shape index (κ3) is 6.43. The molecule has 1 aromatic heterocycles. The van der Waals surface area contributed by atoms with Crippen LogP contribution in [-0.2, 0) is 29.1 Å². The summed E-state index contributed by atoms with van der Waals surface area (Å²) < 4.78 is 42.2. The van der Waals surface area contributed by atoms with E-state index in [1.807, 2.05) is 0 Å². The van der Waals surface area contributed by atoms with Gasteiger partial charge in [-0.3, -0.25) is 9.59 Å². The molecule has 0 radical (unpaired) electrons. The quantitative estimate of drug-likeness (QED) is 0.497. The van der Waals surface area contributed by atoms with Gasteiger partial charge in [-0.05, 0) is 36.2 Å². The Kier molecular flexibility index (Phi) is 8.42. The number of carbonyl (C=O) groups excluding carboxylic acids is 3. The molecule has 12 heteroatoms. The average molecular weight is 494 g/mol. The SMILES string of the molecule is CC(C)[C@H](NC(=O)c1ccco1)C(=O)OCC(=O)Nc1cccc(S(=O)(=O)N2CCOCC2)c1. The molecule has 1 aliphatic heterocycles. The molecule has 1 aromatic carbocycles. The Balaban J connectivity index is 1.57. The summed E-state index contributed by atoms with van der Waals surface area (Å²) in [5.74, 6) is -2.29. The normalized spacial score (nSPS) is 15.5. The van der Waals surface area contributed by atoms with Gasteiger partial charge in [0.2, 0.25) is 10.0 Å². The lowest BCUT2D eigenvalue weighted by atomic mass is 10.0. The number of carbonyl (C=O) groups is 3. The van der Waals surface area contributed by atoms with Gasteiger partial charge in [0, 0.05) is 18.8 Å². The highest BCUT2D eigenvalue weighted by Crippen LogP contribution is 2.20. The van der Waals surface area contributed by atoms with Gasteiger partial charge in [-0.2, -0.15) is 4.31 Å². The van der Waals surface area contributed by atoms with Crippen molar-refractivity contribution in [3.05, 3.63) is 48.4 Å². The van der Waals surface area contributed by atoms with E-state index in [4.69, 9.17) is 13.9 Å². The van der Waals surface area contributed by atoms with E-state index in [0.29, 0.717) is 13.2 Å². The number of anilines is 1. The first kappa shape index (κ1) is 25.4. The fraction of sp³-hybridized carbons (Fsp3) is 0.409. The van der Waals surface area contributed by atoms with Gasteiger partial charge in [-0.15, -0.1) is 0 Å². The lowest BCUT2D eigenvalue weighted by molar-refractivity contribution is -0.150. The van der Waals surface area contributed by atoms with E-state index in [-0.39, 0.29) is 35.4 Å². The van der Waals surface area contributed by atoms with Crippen molar-refractivity contribution in [1.82, 2.24) is 9.62 Å². The highest BCUT2D eigenvalue weighted by atomic mass is 32.2. The topological polar surface area (TPSA) is 144 Å². The van der Waals surface area contributed by atoms with Crippen LogP contribution in [0.5, 0.6) is 0 Å². The molecule has 0 bridgehead atoms. The number of benzene rings is 1. The maximum absolute atomic E-state index is 12.8. The Hall–Kier alpha value is -3.22. The van der Waals surface area contributed by atoms with E-state index in [0.717, 1.165) is 0 Å². The van der Waals surface area contributed by atoms with Crippen LogP contribution >= 0.6 is 0 Å². The van der Waals surface area contributed by atoms with Crippen molar-refractivity contribution in [1.29, 1.82) is 0 Å². The zero-order valence-corrected chi connectivity index (χ0v) is 19.7. The number of hydrogen-bond donors (Lipinski definition) is 2. The fourth-order valence-corrected chi connectivity index (χ4v) is 4.67. The third-order valence-electron chi connectivity index (χ3n) is 5.02. The minimum atomic E-state index is -3.73. The molecule has 1 aliphatic rings. The van der Waals surface area contributed by atoms with E-state index in [1.54, 1.807) is 19.9 Å². The number of nitrogens with zero attached hydrogens (tertiary/aromatic N) is 1. The number of nitrogens with one attached hydrogen (secondary N) is 2. The molecule has 1 atom stereocenters. The number of amides is 2. The molecule has 2 aromatic rings. The van der Waals surface area contributed by atoms with Crippen LogP contribution in [0.3, 0.4) is 0 Å². The molecule has 2 heterocycles. The molecular formula is C22H27N3O8S. The largest absolute Gasteiger partial charge is 0.459 e. The zero-order valence-electron chi connectivity index (χ0n) is 18.9. The molecular weight excluding hydrogens is 466 g/mol. The van der Waals surface area contributed by atoms with Crippen molar-refractivity contribution in [2.45, 2.75) is 24.8 Å². The summed E-state index contributed by atoms with van der Waals surface area (Å²) >= 11 is 0. The molecule has 2 amide bonds. The van der Waals surface area contributed by atoms with E-state index >= 15 is 0 Å². The summed E-state index contributed by atoms with van der Waals surface area (Å²) in [7, 11) is -3.73. The van der Waals surface area contributed by atoms with Crippen LogP contribution in [-0.4, -0.2) is 69.5 Å². The van der Waals surface area contributed by atoms with Crippen LogP contribution in [0, 0.1) is 5.92 Å². The van der Waals surface area contributed by atoms with E-state index in [2.05, 4.69) is 10.6 Å². The summed E-state index contributed by atoms with van der Waals surface area (Å²) in [4.78, 5) is 37.0. The van der Waals surface area contributed by atoms with Crippen LogP contribution in [0.2, 0.25) is 0 Å². The second-order valence-corrected chi connectivity index (χ2v) is 9.81. The molecule has 0 unspecified atom stereocenters. The van der Waals surface area contributed by atoms with Gasteiger partial charge in [0.05, 0.1) is 24.4 Å². The van der Waals surface area contributed by atoms with Gasteiger partial charge >= 0.3 is 5.97 Å². The fourth-order valence-electron chi connectivity index (χ4n) is 3.21. The standard InChI is InChI=1S/C22H27N3O8S/c1-15(2)20(24-21(27)18-7-4-10-32-18)22(28)33-14-19(26)23-16-5-3-6-17(13-16)34(29,30)25-8-11-31-12-9-25/h3-7,10,13,15,20H,8-9,11-12,14H2,1-2H3,(H,23,26)(H,24,27)/t20-/m0/s1. The van der Waals surface area contributed by atoms with Crippen molar-refractivity contribution >= 4 is 33.5 Å². The van der Waals surface area contributed by atoms with Crippen molar-refractivity contribution in [2.75, 3.05) is 38.2 Å². The monoisotopic (exact) mass is 493 g/mol. The molecule has 34 heavy (non-hydrogen) atoms. The number of rotatable bonds is 9. The lowest BCUT2D eigenvalue weighted by Gasteiger charge is -2.26. The summed E-state index contributed by atoms with van der Waals surface area (Å²) in [6.07, 6.45) is 1.34. The number of hydrogen-bond acceptors (Lipinski definition) is 8. The predicted molar refractivity (Wildman–Crippen MR) is 120 cm³/mol. The van der Waals surface area contributed by atoms with Crippen LogP contribution in [0.15, 0.2) is 52.0 Å². The molecule has 11 nitrogen and oxygen atoms in total. The van der Waals surface area contributed by atoms with Crippen molar-refractivity contribution in [3.8, 4) is 0 Å². The third-order valence-corrected chi connectivity index (χ3v) is 6.92. The van der Waals surface area contributed by atoms with Crippen molar-refractivity contribution in [2.24, 2.45) is 5.92 Å². The maximum Gasteiger partial charge on any atom is 0.329 e. The van der Waals surface area contributed by atoms with Crippen LogP contribution in [0.4, 0.5) is 5.69 Å². The number of esters is 1. The van der Waals surface area contributed by atoms with Crippen LogP contribution < -0.4 is 10.6 Å². The minimum Gasteiger partial charge on any atom is -0.459 e. The second kappa shape index (κ2) is 11.3. The van der Waals surface area contributed by atoms with Crippen molar-refractivity contribution in [3.63, 3.8) is 0 Å². The van der Waals surface area contributed by atoms with Crippen molar-refractivity contribution < 1.29 is 36.7 Å². The Morgan fingerprint density at radius 1 is 1.12 bits per heavy atom. The molecule has 184 valence electrons. The Bertz CT molecular complexity index is 1110. The molecule has 0 saturated carbocycles. The lowest BCUT2D eigenvalue weighted by Crippen LogP contribution is -2.45. The number of morpholine rings is 1. The zero-order chi connectivity index (χ0) is 24.7. The second-order valence-electron chi connectivity index (χ2n) is 7.87. The van der Waals surface area contributed by atoms with Gasteiger partial charge in [-0.25, -0.2) is 13.2 Å². The highest BCUT2D eigenvalue weighted by Gasteiger charge is 2.28. The Morgan fingerprint density at radius 3 is 2.50 bits per heavy atom. The first-order valence-corrected chi connectivity index (χ1v) is 12.1. The molecule has 1 saturated heterocycles. The average Bonchev–Trinajstić information content (AvgIpc) is 3.36. The summed E-state index contributed by atoms with van der Waals surface area (Å²) in [5, 5.41) is 5.05. The molecule has 0 aliphatic carbocycles. The maximum atomic E-state index is 12.8. The van der Waals surface area contributed by atoms with Crippen LogP contribution in [0.1, 0.15) is 24.4 Å².